The number of pyridine rings is 1. The van der Waals surface area contributed by atoms with Crippen LogP contribution in [0.4, 0.5) is 4.39 Å². The Morgan fingerprint density at radius 1 is 1.21 bits per heavy atom. The van der Waals surface area contributed by atoms with Gasteiger partial charge in [-0.25, -0.2) is 4.98 Å². The number of fused-ring (bicyclic) bond motifs is 1. The van der Waals surface area contributed by atoms with Crippen molar-refractivity contribution in [3.05, 3.63) is 107 Å². The van der Waals surface area contributed by atoms with E-state index < -0.39 is 0 Å². The van der Waals surface area contributed by atoms with E-state index in [0.29, 0.717) is 11.5 Å². The number of hydrogen-bond donors (Lipinski definition) is 2. The first kappa shape index (κ1) is 23.2. The predicted octanol–water partition coefficient (Wildman–Crippen LogP) is 7.20. The lowest BCUT2D eigenvalue weighted by Crippen LogP contribution is -1.91. The smallest absolute Gasteiger partial charge is 0.176 e. The highest BCUT2D eigenvalue weighted by Crippen LogP contribution is 2.35. The van der Waals surface area contributed by atoms with Crippen molar-refractivity contribution in [2.45, 2.75) is 13.8 Å². The SMILES string of the molecule is C=C/C=C(/c1ccc(F)s1)c1cc(-c2n[nH]c3ccc(C(/C=C(\C=C)OC)=C/C)nc23)[nH]c1C. The summed E-state index contributed by atoms with van der Waals surface area (Å²) in [6.07, 6.45) is 9.12. The summed E-state index contributed by atoms with van der Waals surface area (Å²) >= 11 is 1.10. The molecular weight excluding hydrogens is 447 g/mol. The van der Waals surface area contributed by atoms with E-state index in [9.17, 15) is 4.39 Å². The molecule has 34 heavy (non-hydrogen) atoms. The molecule has 0 spiro atoms. The summed E-state index contributed by atoms with van der Waals surface area (Å²) in [5, 5.41) is 7.37. The molecule has 172 valence electrons. The molecule has 0 atom stereocenters. The van der Waals surface area contributed by atoms with Crippen LogP contribution in [0, 0.1) is 12.1 Å². The van der Waals surface area contributed by atoms with Gasteiger partial charge in [0.05, 0.1) is 24.0 Å². The lowest BCUT2D eigenvalue weighted by molar-refractivity contribution is 0.307. The van der Waals surface area contributed by atoms with Crippen LogP contribution in [0.25, 0.3) is 33.6 Å². The van der Waals surface area contributed by atoms with Gasteiger partial charge in [0.2, 0.25) is 0 Å². The highest BCUT2D eigenvalue weighted by molar-refractivity contribution is 7.11. The lowest BCUT2D eigenvalue weighted by atomic mass is 10.0. The number of aromatic nitrogens is 4. The van der Waals surface area contributed by atoms with Gasteiger partial charge in [-0.2, -0.15) is 9.49 Å². The fraction of sp³-hybridized carbons (Fsp3) is 0.111. The van der Waals surface area contributed by atoms with Crippen molar-refractivity contribution in [3.8, 4) is 11.4 Å². The van der Waals surface area contributed by atoms with E-state index in [1.165, 1.54) is 6.07 Å². The maximum absolute atomic E-state index is 13.7. The van der Waals surface area contributed by atoms with E-state index in [1.807, 2.05) is 50.3 Å². The zero-order valence-corrected chi connectivity index (χ0v) is 20.1. The molecule has 0 aliphatic carbocycles. The Labute approximate surface area is 201 Å². The molecule has 4 aromatic rings. The molecule has 0 aliphatic heterocycles. The molecule has 0 fully saturated rings. The third-order valence-electron chi connectivity index (χ3n) is 5.43. The van der Waals surface area contributed by atoms with Crippen molar-refractivity contribution in [1.82, 2.24) is 20.2 Å². The average molecular weight is 473 g/mol. The number of aryl methyl sites for hydroxylation is 1. The summed E-state index contributed by atoms with van der Waals surface area (Å²) in [6.45, 7) is 11.5. The van der Waals surface area contributed by atoms with Gasteiger partial charge >= 0.3 is 0 Å². The molecule has 4 aromatic heterocycles. The number of ether oxygens (including phenoxy) is 1. The van der Waals surface area contributed by atoms with Crippen LogP contribution >= 0.6 is 11.3 Å². The number of nitrogens with one attached hydrogen (secondary N) is 2. The van der Waals surface area contributed by atoms with Gasteiger partial charge in [0.25, 0.3) is 0 Å². The van der Waals surface area contributed by atoms with E-state index >= 15 is 0 Å². The number of methoxy groups -OCH3 is 1. The fourth-order valence-corrected chi connectivity index (χ4v) is 4.52. The molecule has 0 unspecified atom stereocenters. The number of hydrogen-bond acceptors (Lipinski definition) is 4. The Morgan fingerprint density at radius 2 is 2.03 bits per heavy atom. The van der Waals surface area contributed by atoms with Crippen LogP contribution in [-0.2, 0) is 4.74 Å². The second-order valence-corrected chi connectivity index (χ2v) is 8.54. The largest absolute Gasteiger partial charge is 0.497 e. The van der Waals surface area contributed by atoms with Crippen molar-refractivity contribution in [1.29, 1.82) is 0 Å². The van der Waals surface area contributed by atoms with Crippen molar-refractivity contribution in [2.24, 2.45) is 0 Å². The van der Waals surface area contributed by atoms with Gasteiger partial charge in [0.15, 0.2) is 5.13 Å². The van der Waals surface area contributed by atoms with Gasteiger partial charge in [-0.15, -0.1) is 11.3 Å². The Morgan fingerprint density at radius 3 is 2.68 bits per heavy atom. The minimum atomic E-state index is -0.227. The number of aromatic amines is 2. The Balaban J connectivity index is 1.80. The molecule has 0 radical (unpaired) electrons. The van der Waals surface area contributed by atoms with Crippen LogP contribution in [0.2, 0.25) is 0 Å². The van der Waals surface area contributed by atoms with Crippen LogP contribution in [0.1, 0.15) is 28.8 Å². The van der Waals surface area contributed by atoms with Gasteiger partial charge in [-0.05, 0) is 61.9 Å². The summed E-state index contributed by atoms with van der Waals surface area (Å²) in [5.41, 5.74) is 7.58. The van der Waals surface area contributed by atoms with Crippen molar-refractivity contribution < 1.29 is 9.13 Å². The Bertz CT molecular complexity index is 1460. The third kappa shape index (κ3) is 4.43. The molecular formula is C27H25FN4OS. The molecule has 0 aromatic carbocycles. The normalized spacial score (nSPS) is 12.9. The fourth-order valence-electron chi connectivity index (χ4n) is 3.75. The zero-order chi connectivity index (χ0) is 24.2. The van der Waals surface area contributed by atoms with Crippen LogP contribution in [0.3, 0.4) is 0 Å². The maximum Gasteiger partial charge on any atom is 0.176 e. The summed E-state index contributed by atoms with van der Waals surface area (Å²) in [4.78, 5) is 9.14. The van der Waals surface area contributed by atoms with Crippen LogP contribution < -0.4 is 0 Å². The van der Waals surface area contributed by atoms with E-state index in [-0.39, 0.29) is 5.13 Å². The van der Waals surface area contributed by atoms with Crippen molar-refractivity contribution >= 4 is 33.5 Å². The topological polar surface area (TPSA) is 66.6 Å². The maximum atomic E-state index is 13.7. The molecule has 7 heteroatoms. The number of rotatable bonds is 8. The second kappa shape index (κ2) is 9.89. The van der Waals surface area contributed by atoms with E-state index in [1.54, 1.807) is 25.3 Å². The lowest BCUT2D eigenvalue weighted by Gasteiger charge is -2.05. The van der Waals surface area contributed by atoms with Gasteiger partial charge in [-0.1, -0.05) is 31.4 Å². The molecule has 2 N–H and O–H groups in total. The minimum Gasteiger partial charge on any atom is -0.497 e. The predicted molar refractivity (Wildman–Crippen MR) is 139 cm³/mol. The Kier molecular flexibility index (Phi) is 6.75. The Hall–Kier alpha value is -3.97. The summed E-state index contributed by atoms with van der Waals surface area (Å²) in [7, 11) is 1.61. The highest BCUT2D eigenvalue weighted by Gasteiger charge is 2.18. The molecule has 0 saturated heterocycles. The first-order valence-electron chi connectivity index (χ1n) is 10.7. The monoisotopic (exact) mass is 472 g/mol. The number of H-pyrrole nitrogens is 2. The number of halogens is 1. The molecule has 0 bridgehead atoms. The summed E-state index contributed by atoms with van der Waals surface area (Å²) < 4.78 is 19.0. The molecule has 0 amide bonds. The first-order chi connectivity index (χ1) is 16.5. The highest BCUT2D eigenvalue weighted by atomic mass is 32.1. The number of thiophene rings is 1. The van der Waals surface area contributed by atoms with Crippen LogP contribution in [0.15, 0.2) is 79.6 Å². The number of allylic oxidation sites excluding steroid dienone is 6. The minimum absolute atomic E-state index is 0.227. The van der Waals surface area contributed by atoms with Crippen LogP contribution in [0.5, 0.6) is 0 Å². The van der Waals surface area contributed by atoms with Gasteiger partial charge in [0.1, 0.15) is 17.0 Å². The third-order valence-corrected chi connectivity index (χ3v) is 6.34. The van der Waals surface area contributed by atoms with E-state index in [4.69, 9.17) is 9.72 Å². The second-order valence-electron chi connectivity index (χ2n) is 7.51. The van der Waals surface area contributed by atoms with Crippen LogP contribution in [-0.4, -0.2) is 27.3 Å². The van der Waals surface area contributed by atoms with E-state index in [2.05, 4.69) is 28.3 Å². The number of nitrogens with zero attached hydrogens (tertiary/aromatic N) is 2. The molecule has 0 saturated carbocycles. The van der Waals surface area contributed by atoms with Gasteiger partial charge < -0.3 is 9.72 Å². The average Bonchev–Trinajstić information content (AvgIpc) is 3.56. The van der Waals surface area contributed by atoms with E-state index in [0.717, 1.165) is 61.0 Å². The molecule has 4 rings (SSSR count). The molecule has 5 nitrogen and oxygen atoms in total. The summed E-state index contributed by atoms with van der Waals surface area (Å²) in [6, 6.07) is 9.17. The van der Waals surface area contributed by atoms with Crippen molar-refractivity contribution in [2.75, 3.05) is 7.11 Å². The molecule has 0 aliphatic rings. The van der Waals surface area contributed by atoms with Gasteiger partial charge in [-0.3, -0.25) is 5.10 Å². The molecule has 4 heterocycles. The standard InChI is InChI=1S/C27H25FN4OS/c1-6-9-19(24-12-13-25(28)34-24)20-15-23(29-16(20)4)27-26-22(31-32-27)11-10-21(30-26)17(7-2)14-18(8-3)33-5/h6-15,29H,1,3H2,2,4-5H3,(H,31,32)/b17-7+,18-14+,19-9+. The van der Waals surface area contributed by atoms with Gasteiger partial charge in [0, 0.05) is 21.7 Å². The zero-order valence-electron chi connectivity index (χ0n) is 19.3. The quantitative estimate of drug-likeness (QED) is 0.210. The first-order valence-corrected chi connectivity index (χ1v) is 11.5. The summed E-state index contributed by atoms with van der Waals surface area (Å²) in [5.74, 6) is 0.651. The van der Waals surface area contributed by atoms with Crippen molar-refractivity contribution in [3.63, 3.8) is 0 Å².